The molecule has 3 rings (SSSR count). The smallest absolute Gasteiger partial charge is 0.272 e. The molecule has 0 bridgehead atoms. The third kappa shape index (κ3) is 1.96. The first-order valence-electron chi connectivity index (χ1n) is 5.93. The molecule has 0 aromatic heterocycles. The molecule has 18 heavy (non-hydrogen) atoms. The highest BCUT2D eigenvalue weighted by molar-refractivity contribution is 5.65. The predicted octanol–water partition coefficient (Wildman–Crippen LogP) is 1.46. The molecular weight excluding hydrogens is 242 g/mol. The van der Waals surface area contributed by atoms with Gasteiger partial charge >= 0.3 is 0 Å². The van der Waals surface area contributed by atoms with Gasteiger partial charge in [0.25, 0.3) is 6.36 Å². The van der Waals surface area contributed by atoms with Crippen LogP contribution in [-0.2, 0) is 0 Å². The van der Waals surface area contributed by atoms with Gasteiger partial charge in [0.15, 0.2) is 24.4 Å². The van der Waals surface area contributed by atoms with Crippen molar-refractivity contribution in [3.8, 4) is 11.5 Å². The van der Waals surface area contributed by atoms with Crippen LogP contribution >= 0.6 is 0 Å². The van der Waals surface area contributed by atoms with E-state index >= 15 is 0 Å². The topological polar surface area (TPSA) is 33.7 Å². The lowest BCUT2D eigenvalue weighted by Crippen LogP contribution is -2.49. The highest BCUT2D eigenvalue weighted by Gasteiger charge is 2.29. The second kappa shape index (κ2) is 4.61. The summed E-state index contributed by atoms with van der Waals surface area (Å²) in [6, 6.07) is 5.17. The Kier molecular flexibility index (Phi) is 2.95. The number of halogens is 2. The fourth-order valence-corrected chi connectivity index (χ4v) is 2.22. The molecule has 4 nitrogen and oxygen atoms in total. The van der Waals surface area contributed by atoms with Crippen LogP contribution in [0.2, 0.25) is 0 Å². The molecule has 6 heteroatoms. The molecule has 1 N–H and O–H groups in total. The molecule has 2 aliphatic rings. The van der Waals surface area contributed by atoms with Gasteiger partial charge in [0.2, 0.25) is 0 Å². The predicted molar refractivity (Wildman–Crippen MR) is 62.6 cm³/mol. The number of nitrogens with one attached hydrogen (secondary N) is 1. The minimum atomic E-state index is -1.50. The third-order valence-electron chi connectivity index (χ3n) is 3.06. The highest BCUT2D eigenvalue weighted by atomic mass is 19.1. The van der Waals surface area contributed by atoms with Crippen molar-refractivity contribution >= 4 is 5.69 Å². The lowest BCUT2D eigenvalue weighted by Gasteiger charge is -2.35. The van der Waals surface area contributed by atoms with E-state index in [-0.39, 0.29) is 13.2 Å². The molecule has 0 radical (unpaired) electrons. The molecule has 1 saturated heterocycles. The molecule has 1 aromatic carbocycles. The monoisotopic (exact) mass is 256 g/mol. The summed E-state index contributed by atoms with van der Waals surface area (Å²) in [5, 5.41) is 2.96. The van der Waals surface area contributed by atoms with Crippen molar-refractivity contribution in [3.63, 3.8) is 0 Å². The van der Waals surface area contributed by atoms with Crippen molar-refractivity contribution in [1.29, 1.82) is 0 Å². The van der Waals surface area contributed by atoms with E-state index in [4.69, 9.17) is 9.47 Å². The molecule has 0 spiro atoms. The number of rotatable bonds is 1. The first-order chi connectivity index (χ1) is 8.75. The normalized spacial score (nSPS) is 27.1. The molecule has 0 aliphatic carbocycles. The lowest BCUT2D eigenvalue weighted by molar-refractivity contribution is -0.00269. The Balaban J connectivity index is 1.96. The molecule has 2 heterocycles. The van der Waals surface area contributed by atoms with Crippen molar-refractivity contribution in [2.24, 2.45) is 0 Å². The molecule has 98 valence electrons. The number of hydrogen-bond acceptors (Lipinski definition) is 4. The van der Waals surface area contributed by atoms with Gasteiger partial charge in [-0.05, 0) is 12.1 Å². The second-order valence-corrected chi connectivity index (χ2v) is 4.28. The van der Waals surface area contributed by atoms with Gasteiger partial charge in [-0.25, -0.2) is 4.39 Å². The SMILES string of the molecule is FC1COc2cccc(N3CCNCC3F)c2O1. The first-order valence-corrected chi connectivity index (χ1v) is 5.93. The minimum Gasteiger partial charge on any atom is -0.483 e. The quantitative estimate of drug-likeness (QED) is 0.771. The maximum atomic E-state index is 13.9. The average Bonchev–Trinajstić information content (AvgIpc) is 2.39. The fourth-order valence-electron chi connectivity index (χ4n) is 2.22. The summed E-state index contributed by atoms with van der Waals surface area (Å²) in [7, 11) is 0. The third-order valence-corrected chi connectivity index (χ3v) is 3.06. The number of hydrogen-bond donors (Lipinski definition) is 1. The molecular formula is C12H14F2N2O2. The summed E-state index contributed by atoms with van der Waals surface area (Å²) >= 11 is 0. The summed E-state index contributed by atoms with van der Waals surface area (Å²) in [5.74, 6) is 0.757. The molecule has 1 fully saturated rings. The molecule has 2 aliphatic heterocycles. The number of ether oxygens (including phenoxy) is 2. The Morgan fingerprint density at radius 1 is 1.33 bits per heavy atom. The van der Waals surface area contributed by atoms with E-state index < -0.39 is 12.7 Å². The van der Waals surface area contributed by atoms with Gasteiger partial charge in [-0.3, -0.25) is 0 Å². The van der Waals surface area contributed by atoms with Gasteiger partial charge in [0, 0.05) is 19.6 Å². The van der Waals surface area contributed by atoms with Crippen molar-refractivity contribution in [2.75, 3.05) is 31.1 Å². The standard InChI is InChI=1S/C12H14F2N2O2/c13-10-6-15-4-5-16(10)8-2-1-3-9-12(8)18-11(14)7-17-9/h1-3,10-11,15H,4-7H2. The van der Waals surface area contributed by atoms with Crippen molar-refractivity contribution in [1.82, 2.24) is 5.32 Å². The van der Waals surface area contributed by atoms with Crippen LogP contribution in [0.3, 0.4) is 0 Å². The number of piperazine rings is 1. The number of alkyl halides is 2. The highest BCUT2D eigenvalue weighted by Crippen LogP contribution is 2.41. The number of anilines is 1. The van der Waals surface area contributed by atoms with Crippen molar-refractivity contribution in [2.45, 2.75) is 12.7 Å². The van der Waals surface area contributed by atoms with Crippen molar-refractivity contribution in [3.05, 3.63) is 18.2 Å². The van der Waals surface area contributed by atoms with Crippen LogP contribution in [0.5, 0.6) is 11.5 Å². The van der Waals surface area contributed by atoms with Gasteiger partial charge in [-0.15, -0.1) is 0 Å². The zero-order chi connectivity index (χ0) is 12.5. The van der Waals surface area contributed by atoms with Crippen LogP contribution < -0.4 is 19.7 Å². The van der Waals surface area contributed by atoms with E-state index in [0.29, 0.717) is 30.3 Å². The number of nitrogens with zero attached hydrogens (tertiary/aromatic N) is 1. The summed E-state index contributed by atoms with van der Waals surface area (Å²) in [4.78, 5) is 1.57. The van der Waals surface area contributed by atoms with Crippen LogP contribution in [0.15, 0.2) is 18.2 Å². The zero-order valence-electron chi connectivity index (χ0n) is 9.73. The van der Waals surface area contributed by atoms with Crippen LogP contribution in [0, 0.1) is 0 Å². The van der Waals surface area contributed by atoms with Gasteiger partial charge in [-0.1, -0.05) is 6.07 Å². The zero-order valence-corrected chi connectivity index (χ0v) is 9.73. The Hall–Kier alpha value is -1.56. The summed E-state index contributed by atoms with van der Waals surface area (Å²) in [6.45, 7) is 1.32. The Morgan fingerprint density at radius 2 is 2.22 bits per heavy atom. The minimum absolute atomic E-state index is 0.128. The van der Waals surface area contributed by atoms with Crippen LogP contribution in [-0.4, -0.2) is 38.9 Å². The maximum Gasteiger partial charge on any atom is 0.272 e. The first kappa shape index (κ1) is 11.5. The number of fused-ring (bicyclic) bond motifs is 1. The molecule has 1 aromatic rings. The summed E-state index contributed by atoms with van der Waals surface area (Å²) in [6.07, 6.45) is -2.64. The van der Waals surface area contributed by atoms with E-state index in [0.717, 1.165) is 0 Å². The molecule has 2 unspecified atom stereocenters. The summed E-state index contributed by atoms with van der Waals surface area (Å²) < 4.78 is 37.5. The average molecular weight is 256 g/mol. The Morgan fingerprint density at radius 3 is 3.06 bits per heavy atom. The van der Waals surface area contributed by atoms with Crippen LogP contribution in [0.4, 0.5) is 14.5 Å². The van der Waals surface area contributed by atoms with E-state index in [9.17, 15) is 8.78 Å². The Labute approximate surface area is 103 Å². The number of para-hydroxylation sites is 1. The fraction of sp³-hybridized carbons (Fsp3) is 0.500. The van der Waals surface area contributed by atoms with Gasteiger partial charge in [0.05, 0.1) is 5.69 Å². The Bertz CT molecular complexity index is 444. The lowest BCUT2D eigenvalue weighted by atomic mass is 10.2. The van der Waals surface area contributed by atoms with E-state index in [2.05, 4.69) is 5.32 Å². The van der Waals surface area contributed by atoms with Crippen LogP contribution in [0.25, 0.3) is 0 Å². The number of benzene rings is 1. The van der Waals surface area contributed by atoms with Crippen LogP contribution in [0.1, 0.15) is 0 Å². The van der Waals surface area contributed by atoms with E-state index in [1.165, 1.54) is 0 Å². The largest absolute Gasteiger partial charge is 0.483 e. The van der Waals surface area contributed by atoms with E-state index in [1.807, 2.05) is 0 Å². The van der Waals surface area contributed by atoms with Crippen molar-refractivity contribution < 1.29 is 18.3 Å². The van der Waals surface area contributed by atoms with Gasteiger partial charge in [-0.2, -0.15) is 4.39 Å². The molecule has 0 amide bonds. The van der Waals surface area contributed by atoms with Gasteiger partial charge < -0.3 is 19.7 Å². The van der Waals surface area contributed by atoms with E-state index in [1.54, 1.807) is 23.1 Å². The summed E-state index contributed by atoms with van der Waals surface area (Å²) in [5.41, 5.74) is 0.545. The molecule has 2 atom stereocenters. The maximum absolute atomic E-state index is 13.9. The molecule has 0 saturated carbocycles. The van der Waals surface area contributed by atoms with Gasteiger partial charge in [0.1, 0.15) is 0 Å². The second-order valence-electron chi connectivity index (χ2n) is 4.28.